The van der Waals surface area contributed by atoms with Gasteiger partial charge in [-0.1, -0.05) is 36.4 Å². The van der Waals surface area contributed by atoms with E-state index in [1.807, 2.05) is 17.5 Å². The molecule has 1 aromatic carbocycles. The highest BCUT2D eigenvalue weighted by atomic mass is 127. The first kappa shape index (κ1) is 22.8. The summed E-state index contributed by atoms with van der Waals surface area (Å²) in [4.78, 5) is 12.5. The van der Waals surface area contributed by atoms with Crippen molar-refractivity contribution in [2.45, 2.75) is 38.5 Å². The Morgan fingerprint density at radius 2 is 2.10 bits per heavy atom. The van der Waals surface area contributed by atoms with Crippen molar-refractivity contribution >= 4 is 41.3 Å². The number of oxazole rings is 1. The molecule has 0 amide bonds. The van der Waals surface area contributed by atoms with Crippen molar-refractivity contribution in [2.75, 3.05) is 13.6 Å². The lowest BCUT2D eigenvalue weighted by Crippen LogP contribution is -2.44. The molecule has 3 heterocycles. The zero-order valence-electron chi connectivity index (χ0n) is 17.2. The molecule has 2 aromatic heterocycles. The van der Waals surface area contributed by atoms with E-state index >= 15 is 0 Å². The predicted molar refractivity (Wildman–Crippen MR) is 133 cm³/mol. The second-order valence-corrected chi connectivity index (χ2v) is 8.34. The molecule has 3 aromatic rings. The molecule has 4 rings (SSSR count). The lowest BCUT2D eigenvalue weighted by atomic mass is 10.2. The molecule has 1 aliphatic heterocycles. The Morgan fingerprint density at radius 1 is 1.27 bits per heavy atom. The number of aliphatic imine (C=N–C) groups is 1. The molecule has 2 unspecified atom stereocenters. The molecule has 1 fully saturated rings. The lowest BCUT2D eigenvalue weighted by Gasteiger charge is -2.21. The van der Waals surface area contributed by atoms with Gasteiger partial charge in [0.2, 0.25) is 5.89 Å². The highest BCUT2D eigenvalue weighted by Crippen LogP contribution is 2.23. The van der Waals surface area contributed by atoms with Crippen LogP contribution >= 0.6 is 35.3 Å². The number of thiophene rings is 1. The van der Waals surface area contributed by atoms with Crippen LogP contribution < -0.4 is 10.6 Å². The van der Waals surface area contributed by atoms with E-state index in [1.54, 1.807) is 24.6 Å². The maximum Gasteiger partial charge on any atom is 0.236 e. The molecule has 160 valence electrons. The van der Waals surface area contributed by atoms with Gasteiger partial charge < -0.3 is 15.1 Å². The minimum atomic E-state index is 0. The zero-order valence-corrected chi connectivity index (χ0v) is 20.4. The van der Waals surface area contributed by atoms with Crippen molar-refractivity contribution in [3.8, 4) is 10.8 Å². The Morgan fingerprint density at radius 3 is 2.83 bits per heavy atom. The quantitative estimate of drug-likeness (QED) is 0.278. The summed E-state index contributed by atoms with van der Waals surface area (Å²) in [5.41, 5.74) is 2.22. The van der Waals surface area contributed by atoms with Crippen LogP contribution in [0.25, 0.3) is 10.8 Å². The first-order valence-corrected chi connectivity index (χ1v) is 10.8. The number of likely N-dealkylation sites (tertiary alicyclic amines) is 1. The van der Waals surface area contributed by atoms with E-state index in [0.29, 0.717) is 24.5 Å². The number of benzene rings is 1. The number of rotatable bonds is 6. The molecule has 30 heavy (non-hydrogen) atoms. The van der Waals surface area contributed by atoms with E-state index in [2.05, 4.69) is 62.8 Å². The van der Waals surface area contributed by atoms with Crippen LogP contribution in [-0.2, 0) is 13.1 Å². The van der Waals surface area contributed by atoms with E-state index in [-0.39, 0.29) is 24.0 Å². The van der Waals surface area contributed by atoms with E-state index < -0.39 is 0 Å². The fourth-order valence-corrected chi connectivity index (χ4v) is 4.36. The van der Waals surface area contributed by atoms with E-state index in [9.17, 15) is 0 Å². The van der Waals surface area contributed by atoms with Gasteiger partial charge >= 0.3 is 0 Å². The van der Waals surface area contributed by atoms with Gasteiger partial charge in [-0.15, -0.1) is 35.3 Å². The molecule has 0 saturated carbocycles. The summed E-state index contributed by atoms with van der Waals surface area (Å²) < 4.78 is 5.59. The number of nitrogens with one attached hydrogen (secondary N) is 2. The van der Waals surface area contributed by atoms with E-state index in [1.165, 1.54) is 5.56 Å². The first-order chi connectivity index (χ1) is 14.2. The minimum absolute atomic E-state index is 0. The Balaban J connectivity index is 0.00000256. The number of hydrogen-bond donors (Lipinski definition) is 2. The van der Waals surface area contributed by atoms with Crippen molar-refractivity contribution in [3.05, 3.63) is 65.4 Å². The van der Waals surface area contributed by atoms with Gasteiger partial charge in [0, 0.05) is 32.2 Å². The van der Waals surface area contributed by atoms with Gasteiger partial charge in [0.25, 0.3) is 0 Å². The van der Waals surface area contributed by atoms with E-state index in [4.69, 9.17) is 4.42 Å². The first-order valence-electron chi connectivity index (χ1n) is 9.94. The average molecular weight is 537 g/mol. The fraction of sp³-hybridized carbons (Fsp3) is 0.364. The largest absolute Gasteiger partial charge is 0.443 e. The Labute approximate surface area is 198 Å². The van der Waals surface area contributed by atoms with Crippen LogP contribution in [0.4, 0.5) is 0 Å². The summed E-state index contributed by atoms with van der Waals surface area (Å²) in [6.07, 6.45) is 2.80. The molecule has 2 atom stereocenters. The van der Waals surface area contributed by atoms with Crippen LogP contribution in [-0.4, -0.2) is 41.5 Å². The third-order valence-electron chi connectivity index (χ3n) is 5.22. The number of hydrogen-bond acceptors (Lipinski definition) is 5. The standard InChI is InChI=1S/C22H27N5OS.HI/c1-16-11-18(14-27(16)13-17-7-4-3-5-8-17)26-22(23-2)24-12-19-15-28-21(25-19)20-9-6-10-29-20;/h3-10,15-16,18H,11-14H2,1-2H3,(H2,23,24,26);1H. The van der Waals surface area contributed by atoms with Crippen molar-refractivity contribution in [3.63, 3.8) is 0 Å². The van der Waals surface area contributed by atoms with Gasteiger partial charge in [-0.2, -0.15) is 0 Å². The maximum absolute atomic E-state index is 5.59. The topological polar surface area (TPSA) is 65.7 Å². The van der Waals surface area contributed by atoms with Gasteiger partial charge in [0.15, 0.2) is 5.96 Å². The second kappa shape index (κ2) is 10.9. The summed E-state index contributed by atoms with van der Waals surface area (Å²) in [7, 11) is 1.80. The van der Waals surface area contributed by atoms with Gasteiger partial charge in [0.05, 0.1) is 17.1 Å². The number of nitrogens with zero attached hydrogens (tertiary/aromatic N) is 3. The SMILES string of the molecule is CN=C(NCc1coc(-c2cccs2)n1)NC1CC(C)N(Cc2ccccc2)C1.I. The van der Waals surface area contributed by atoms with Crippen LogP contribution in [0.1, 0.15) is 24.6 Å². The average Bonchev–Trinajstić information content (AvgIpc) is 3.48. The molecule has 0 bridgehead atoms. The molecule has 0 aliphatic carbocycles. The van der Waals surface area contributed by atoms with Crippen LogP contribution in [0.5, 0.6) is 0 Å². The van der Waals surface area contributed by atoms with Crippen LogP contribution in [0.3, 0.4) is 0 Å². The predicted octanol–water partition coefficient (Wildman–Crippen LogP) is 4.35. The second-order valence-electron chi connectivity index (χ2n) is 7.39. The highest BCUT2D eigenvalue weighted by Gasteiger charge is 2.29. The van der Waals surface area contributed by atoms with Gasteiger partial charge in [0.1, 0.15) is 6.26 Å². The normalized spacial score (nSPS) is 19.5. The number of guanidine groups is 1. The summed E-state index contributed by atoms with van der Waals surface area (Å²) in [5.74, 6) is 1.46. The monoisotopic (exact) mass is 537 g/mol. The van der Waals surface area contributed by atoms with Crippen molar-refractivity contribution < 1.29 is 4.42 Å². The molecule has 8 heteroatoms. The summed E-state index contributed by atoms with van der Waals surface area (Å²) >= 11 is 1.62. The molecular formula is C22H28IN5OS. The Hall–Kier alpha value is -1.91. The van der Waals surface area contributed by atoms with Gasteiger partial charge in [-0.25, -0.2) is 4.98 Å². The summed E-state index contributed by atoms with van der Waals surface area (Å²) in [6, 6.07) is 15.6. The Kier molecular flexibility index (Phi) is 8.29. The van der Waals surface area contributed by atoms with Crippen LogP contribution in [0.15, 0.2) is 63.5 Å². The maximum atomic E-state index is 5.59. The van der Waals surface area contributed by atoms with Crippen LogP contribution in [0, 0.1) is 0 Å². The smallest absolute Gasteiger partial charge is 0.236 e. The molecule has 1 saturated heterocycles. The summed E-state index contributed by atoms with van der Waals surface area (Å²) in [6.45, 7) is 4.85. The molecule has 2 N–H and O–H groups in total. The highest BCUT2D eigenvalue weighted by molar-refractivity contribution is 14.0. The van der Waals surface area contributed by atoms with Crippen molar-refractivity contribution in [1.82, 2.24) is 20.5 Å². The molecule has 0 spiro atoms. The minimum Gasteiger partial charge on any atom is -0.443 e. The zero-order chi connectivity index (χ0) is 20.1. The van der Waals surface area contributed by atoms with Crippen molar-refractivity contribution in [1.29, 1.82) is 0 Å². The van der Waals surface area contributed by atoms with Gasteiger partial charge in [-0.3, -0.25) is 9.89 Å². The lowest BCUT2D eigenvalue weighted by molar-refractivity contribution is 0.258. The molecule has 1 aliphatic rings. The van der Waals surface area contributed by atoms with E-state index in [0.717, 1.165) is 36.0 Å². The third-order valence-corrected chi connectivity index (χ3v) is 6.08. The Bertz CT molecular complexity index is 928. The fourth-order valence-electron chi connectivity index (χ4n) is 3.71. The van der Waals surface area contributed by atoms with Crippen LogP contribution in [0.2, 0.25) is 0 Å². The number of aromatic nitrogens is 1. The van der Waals surface area contributed by atoms with Gasteiger partial charge in [-0.05, 0) is 30.4 Å². The molecule has 0 radical (unpaired) electrons. The molecule has 6 nitrogen and oxygen atoms in total. The molecular weight excluding hydrogens is 509 g/mol. The summed E-state index contributed by atoms with van der Waals surface area (Å²) in [5, 5.41) is 8.93. The third kappa shape index (κ3) is 5.83. The number of halogens is 1. The van der Waals surface area contributed by atoms with Crippen molar-refractivity contribution in [2.24, 2.45) is 4.99 Å².